The highest BCUT2D eigenvalue weighted by atomic mass is 16.6. The van der Waals surface area contributed by atoms with Crippen LogP contribution in [0.3, 0.4) is 0 Å². The molecule has 3 rings (SSSR count). The number of anilines is 1. The number of carbonyl (C=O) groups is 2. The van der Waals surface area contributed by atoms with E-state index < -0.39 is 24.0 Å². The molecule has 0 amide bonds. The number of benzene rings is 2. The van der Waals surface area contributed by atoms with Crippen molar-refractivity contribution in [3.8, 4) is 11.5 Å². The van der Waals surface area contributed by atoms with Crippen molar-refractivity contribution in [3.63, 3.8) is 0 Å². The molecule has 0 bridgehead atoms. The number of hydrogen-bond acceptors (Lipinski definition) is 8. The van der Waals surface area contributed by atoms with Gasteiger partial charge < -0.3 is 25.1 Å². The second kappa shape index (κ2) is 10.8. The number of nitrogens with two attached hydrogens (primary N) is 1. The maximum absolute atomic E-state index is 12.7. The van der Waals surface area contributed by atoms with Gasteiger partial charge in [0.05, 0.1) is 37.4 Å². The first-order valence-corrected chi connectivity index (χ1v) is 11.0. The number of aryl methyl sites for hydroxylation is 1. The SMILES string of the molecule is CCOC(=O)CC(O)(C(=O)OCC)c1c(C)nn(Cc2ccc(Oc3ccccc3)cc2)c1N. The van der Waals surface area contributed by atoms with E-state index >= 15 is 0 Å². The van der Waals surface area contributed by atoms with Crippen LogP contribution in [0.2, 0.25) is 0 Å². The highest BCUT2D eigenvalue weighted by Crippen LogP contribution is 2.35. The van der Waals surface area contributed by atoms with E-state index in [9.17, 15) is 14.7 Å². The van der Waals surface area contributed by atoms with Crippen LogP contribution in [0.25, 0.3) is 0 Å². The van der Waals surface area contributed by atoms with E-state index in [1.54, 1.807) is 20.8 Å². The van der Waals surface area contributed by atoms with Gasteiger partial charge in [-0.25, -0.2) is 9.48 Å². The lowest BCUT2D eigenvalue weighted by molar-refractivity contribution is -0.173. The first-order valence-electron chi connectivity index (χ1n) is 11.0. The zero-order valence-corrected chi connectivity index (χ0v) is 19.5. The van der Waals surface area contributed by atoms with Gasteiger partial charge in [0.1, 0.15) is 17.3 Å². The topological polar surface area (TPSA) is 126 Å². The van der Waals surface area contributed by atoms with Crippen LogP contribution in [0.5, 0.6) is 11.5 Å². The maximum Gasteiger partial charge on any atom is 0.343 e. The van der Waals surface area contributed by atoms with Gasteiger partial charge in [-0.15, -0.1) is 0 Å². The van der Waals surface area contributed by atoms with Crippen molar-refractivity contribution in [2.24, 2.45) is 0 Å². The van der Waals surface area contributed by atoms with Crippen molar-refractivity contribution in [1.29, 1.82) is 0 Å². The minimum absolute atomic E-state index is 0.0223. The maximum atomic E-state index is 12.7. The molecule has 1 atom stereocenters. The van der Waals surface area contributed by atoms with Gasteiger partial charge in [0, 0.05) is 0 Å². The summed E-state index contributed by atoms with van der Waals surface area (Å²) in [6, 6.07) is 16.8. The van der Waals surface area contributed by atoms with Gasteiger partial charge in [0.15, 0.2) is 0 Å². The number of esters is 2. The van der Waals surface area contributed by atoms with Crippen LogP contribution in [0, 0.1) is 6.92 Å². The molecule has 9 heteroatoms. The molecule has 34 heavy (non-hydrogen) atoms. The van der Waals surface area contributed by atoms with Crippen LogP contribution in [-0.2, 0) is 31.2 Å². The normalized spacial score (nSPS) is 12.6. The van der Waals surface area contributed by atoms with Crippen LogP contribution in [0.1, 0.15) is 37.1 Å². The van der Waals surface area contributed by atoms with Crippen LogP contribution in [-0.4, -0.2) is 40.0 Å². The number of aliphatic hydroxyl groups is 1. The Balaban J connectivity index is 1.85. The molecule has 180 valence electrons. The summed E-state index contributed by atoms with van der Waals surface area (Å²) < 4.78 is 17.2. The minimum atomic E-state index is -2.32. The lowest BCUT2D eigenvalue weighted by Gasteiger charge is -2.25. The Morgan fingerprint density at radius 2 is 1.62 bits per heavy atom. The number of rotatable bonds is 10. The van der Waals surface area contributed by atoms with Crippen LogP contribution in [0.15, 0.2) is 54.6 Å². The summed E-state index contributed by atoms with van der Waals surface area (Å²) >= 11 is 0. The zero-order chi connectivity index (χ0) is 24.7. The fraction of sp³-hybridized carbons (Fsp3) is 0.320. The number of hydrogen-bond donors (Lipinski definition) is 2. The Labute approximate surface area is 198 Å². The van der Waals surface area contributed by atoms with Gasteiger partial charge in [-0.2, -0.15) is 5.10 Å². The summed E-state index contributed by atoms with van der Waals surface area (Å²) in [5.41, 5.74) is 5.20. The number of ether oxygens (including phenoxy) is 3. The largest absolute Gasteiger partial charge is 0.466 e. The van der Waals surface area contributed by atoms with E-state index in [1.165, 1.54) is 4.68 Å². The smallest absolute Gasteiger partial charge is 0.343 e. The number of para-hydroxylation sites is 1. The summed E-state index contributed by atoms with van der Waals surface area (Å²) in [6.07, 6.45) is -0.637. The average Bonchev–Trinajstić information content (AvgIpc) is 3.09. The van der Waals surface area contributed by atoms with Crippen LogP contribution in [0.4, 0.5) is 5.82 Å². The molecule has 2 aromatic carbocycles. The van der Waals surface area contributed by atoms with Crippen molar-refractivity contribution in [1.82, 2.24) is 9.78 Å². The van der Waals surface area contributed by atoms with Gasteiger partial charge in [-0.1, -0.05) is 30.3 Å². The third-order valence-electron chi connectivity index (χ3n) is 5.13. The molecule has 3 N–H and O–H groups in total. The van der Waals surface area contributed by atoms with Crippen molar-refractivity contribution in [2.75, 3.05) is 18.9 Å². The third kappa shape index (κ3) is 5.55. The molecule has 3 aromatic rings. The van der Waals surface area contributed by atoms with Gasteiger partial charge in [-0.05, 0) is 50.6 Å². The number of aromatic nitrogens is 2. The fourth-order valence-electron chi connectivity index (χ4n) is 3.63. The first-order chi connectivity index (χ1) is 16.3. The second-order valence-electron chi connectivity index (χ2n) is 7.62. The molecule has 0 fully saturated rings. The van der Waals surface area contributed by atoms with E-state index in [-0.39, 0.29) is 31.1 Å². The van der Waals surface area contributed by atoms with Crippen LogP contribution >= 0.6 is 0 Å². The quantitative estimate of drug-likeness (QED) is 0.435. The predicted molar refractivity (Wildman–Crippen MR) is 125 cm³/mol. The summed E-state index contributed by atoms with van der Waals surface area (Å²) in [6.45, 7) is 5.25. The molecule has 0 radical (unpaired) electrons. The standard InChI is InChI=1S/C25H29N3O6/c1-4-32-21(29)15-25(31,24(30)33-5-2)22-17(3)27-28(23(22)26)16-18-11-13-20(14-12-18)34-19-9-7-6-8-10-19/h6-14,31H,4-5,15-16,26H2,1-3H3. The molecule has 0 aliphatic rings. The highest BCUT2D eigenvalue weighted by molar-refractivity contribution is 5.88. The Bertz CT molecular complexity index is 1130. The molecule has 9 nitrogen and oxygen atoms in total. The molecule has 1 unspecified atom stereocenters. The summed E-state index contributed by atoms with van der Waals surface area (Å²) in [5, 5.41) is 15.7. The zero-order valence-electron chi connectivity index (χ0n) is 19.5. The molecule has 0 saturated carbocycles. The predicted octanol–water partition coefficient (Wildman–Crippen LogP) is 3.32. The summed E-state index contributed by atoms with van der Waals surface area (Å²) in [4.78, 5) is 24.8. The van der Waals surface area contributed by atoms with Crippen molar-refractivity contribution >= 4 is 17.8 Å². The average molecular weight is 468 g/mol. The fourth-order valence-corrected chi connectivity index (χ4v) is 3.63. The van der Waals surface area contributed by atoms with E-state index in [2.05, 4.69) is 5.10 Å². The molecule has 1 aromatic heterocycles. The van der Waals surface area contributed by atoms with Crippen molar-refractivity contribution in [2.45, 2.75) is 39.3 Å². The minimum Gasteiger partial charge on any atom is -0.466 e. The van der Waals surface area contributed by atoms with E-state index in [1.807, 2.05) is 54.6 Å². The molecular weight excluding hydrogens is 438 g/mol. The van der Waals surface area contributed by atoms with Crippen molar-refractivity contribution < 1.29 is 28.9 Å². The first kappa shape index (κ1) is 24.8. The van der Waals surface area contributed by atoms with Crippen molar-refractivity contribution in [3.05, 3.63) is 71.4 Å². The number of carbonyl (C=O) groups excluding carboxylic acids is 2. The number of nitrogen functional groups attached to an aromatic ring is 1. The van der Waals surface area contributed by atoms with Crippen LogP contribution < -0.4 is 10.5 Å². The van der Waals surface area contributed by atoms with E-state index in [0.717, 1.165) is 11.3 Å². The molecule has 0 aliphatic carbocycles. The Morgan fingerprint density at radius 3 is 2.24 bits per heavy atom. The number of nitrogens with zero attached hydrogens (tertiary/aromatic N) is 2. The highest BCUT2D eigenvalue weighted by Gasteiger charge is 2.46. The Hall–Kier alpha value is -3.85. The molecule has 0 spiro atoms. The van der Waals surface area contributed by atoms with Gasteiger partial charge in [-0.3, -0.25) is 4.79 Å². The second-order valence-corrected chi connectivity index (χ2v) is 7.62. The van der Waals surface area contributed by atoms with E-state index in [0.29, 0.717) is 11.4 Å². The third-order valence-corrected chi connectivity index (χ3v) is 5.13. The van der Waals surface area contributed by atoms with E-state index in [4.69, 9.17) is 19.9 Å². The molecule has 0 aliphatic heterocycles. The Kier molecular flexibility index (Phi) is 7.91. The molecule has 0 saturated heterocycles. The van der Waals surface area contributed by atoms with Gasteiger partial charge >= 0.3 is 11.9 Å². The van der Waals surface area contributed by atoms with Gasteiger partial charge in [0.2, 0.25) is 5.60 Å². The monoisotopic (exact) mass is 467 g/mol. The summed E-state index contributed by atoms with van der Waals surface area (Å²) in [7, 11) is 0. The Morgan fingerprint density at radius 1 is 1.00 bits per heavy atom. The molecule has 1 heterocycles. The lowest BCUT2D eigenvalue weighted by atomic mass is 9.90. The molecular formula is C25H29N3O6. The summed E-state index contributed by atoms with van der Waals surface area (Å²) in [5.74, 6) is -0.279. The van der Waals surface area contributed by atoms with Gasteiger partial charge in [0.25, 0.3) is 0 Å². The lowest BCUT2D eigenvalue weighted by Crippen LogP contribution is -2.41.